The third-order valence-electron chi connectivity index (χ3n) is 2.68. The molecule has 0 fully saturated rings. The lowest BCUT2D eigenvalue weighted by Gasteiger charge is -2.06. The SMILES string of the molecule is O=C(Nc1ccc(CCCl)cc1)c1cccc(Cl)c1. The van der Waals surface area contributed by atoms with E-state index in [0.717, 1.165) is 17.7 Å². The third kappa shape index (κ3) is 3.98. The molecule has 2 aromatic rings. The Balaban J connectivity index is 2.06. The topological polar surface area (TPSA) is 29.1 Å². The van der Waals surface area contributed by atoms with Crippen LogP contribution >= 0.6 is 23.2 Å². The van der Waals surface area contributed by atoms with E-state index in [0.29, 0.717) is 16.5 Å². The van der Waals surface area contributed by atoms with E-state index >= 15 is 0 Å². The van der Waals surface area contributed by atoms with Gasteiger partial charge in [-0.2, -0.15) is 0 Å². The lowest BCUT2D eigenvalue weighted by atomic mass is 10.1. The summed E-state index contributed by atoms with van der Waals surface area (Å²) in [6.45, 7) is 0. The number of benzene rings is 2. The fourth-order valence-corrected chi connectivity index (χ4v) is 2.11. The number of carbonyl (C=O) groups is 1. The first-order valence-corrected chi connectivity index (χ1v) is 6.82. The van der Waals surface area contributed by atoms with Gasteiger partial charge in [0, 0.05) is 22.2 Å². The maximum absolute atomic E-state index is 12.0. The zero-order valence-corrected chi connectivity index (χ0v) is 11.7. The number of hydrogen-bond donors (Lipinski definition) is 1. The molecule has 0 bridgehead atoms. The highest BCUT2D eigenvalue weighted by molar-refractivity contribution is 6.31. The maximum atomic E-state index is 12.0. The van der Waals surface area contributed by atoms with Crippen molar-refractivity contribution in [1.82, 2.24) is 0 Å². The molecule has 2 nitrogen and oxygen atoms in total. The average molecular weight is 294 g/mol. The second-order valence-electron chi connectivity index (χ2n) is 4.10. The van der Waals surface area contributed by atoms with E-state index in [1.54, 1.807) is 24.3 Å². The minimum absolute atomic E-state index is 0.174. The molecule has 0 saturated carbocycles. The Kier molecular flexibility index (Phi) is 4.83. The summed E-state index contributed by atoms with van der Waals surface area (Å²) in [6, 6.07) is 14.5. The monoisotopic (exact) mass is 293 g/mol. The largest absolute Gasteiger partial charge is 0.322 e. The number of carbonyl (C=O) groups excluding carboxylic acids is 1. The summed E-state index contributed by atoms with van der Waals surface area (Å²) >= 11 is 11.5. The molecule has 0 aliphatic heterocycles. The summed E-state index contributed by atoms with van der Waals surface area (Å²) in [6.07, 6.45) is 0.823. The first kappa shape index (κ1) is 13.9. The Hall–Kier alpha value is -1.51. The molecular weight excluding hydrogens is 281 g/mol. The van der Waals surface area contributed by atoms with Crippen LogP contribution in [0, 0.1) is 0 Å². The molecule has 0 saturated heterocycles. The van der Waals surface area contributed by atoms with Gasteiger partial charge in [0.05, 0.1) is 0 Å². The number of amides is 1. The number of anilines is 1. The Labute approximate surface area is 122 Å². The summed E-state index contributed by atoms with van der Waals surface area (Å²) in [5.74, 6) is 0.418. The molecule has 1 N–H and O–H groups in total. The van der Waals surface area contributed by atoms with E-state index in [-0.39, 0.29) is 5.91 Å². The van der Waals surface area contributed by atoms with E-state index < -0.39 is 0 Å². The zero-order valence-electron chi connectivity index (χ0n) is 10.2. The van der Waals surface area contributed by atoms with Gasteiger partial charge in [0.25, 0.3) is 5.91 Å². The summed E-state index contributed by atoms with van der Waals surface area (Å²) < 4.78 is 0. The molecule has 19 heavy (non-hydrogen) atoms. The molecule has 0 unspecified atom stereocenters. The molecule has 4 heteroatoms. The lowest BCUT2D eigenvalue weighted by Crippen LogP contribution is -2.11. The highest BCUT2D eigenvalue weighted by Gasteiger charge is 2.06. The first-order chi connectivity index (χ1) is 9.19. The molecule has 0 radical (unpaired) electrons. The normalized spacial score (nSPS) is 10.2. The molecule has 1 amide bonds. The van der Waals surface area contributed by atoms with Crippen molar-refractivity contribution in [2.75, 3.05) is 11.2 Å². The van der Waals surface area contributed by atoms with Crippen LogP contribution in [0.5, 0.6) is 0 Å². The van der Waals surface area contributed by atoms with Crippen molar-refractivity contribution in [1.29, 1.82) is 0 Å². The van der Waals surface area contributed by atoms with Crippen LogP contribution < -0.4 is 5.32 Å². The molecule has 0 aliphatic rings. The van der Waals surface area contributed by atoms with Gasteiger partial charge < -0.3 is 5.32 Å². The number of nitrogens with one attached hydrogen (secondary N) is 1. The van der Waals surface area contributed by atoms with E-state index in [4.69, 9.17) is 23.2 Å². The smallest absolute Gasteiger partial charge is 0.255 e. The van der Waals surface area contributed by atoms with E-state index in [1.165, 1.54) is 0 Å². The van der Waals surface area contributed by atoms with Crippen molar-refractivity contribution in [3.8, 4) is 0 Å². The summed E-state index contributed by atoms with van der Waals surface area (Å²) in [5, 5.41) is 3.37. The molecule has 0 spiro atoms. The van der Waals surface area contributed by atoms with Crippen LogP contribution in [0.2, 0.25) is 5.02 Å². The molecule has 2 aromatic carbocycles. The number of hydrogen-bond acceptors (Lipinski definition) is 1. The minimum Gasteiger partial charge on any atom is -0.322 e. The van der Waals surface area contributed by atoms with Gasteiger partial charge in [-0.3, -0.25) is 4.79 Å². The van der Waals surface area contributed by atoms with Crippen LogP contribution in [0.25, 0.3) is 0 Å². The van der Waals surface area contributed by atoms with Gasteiger partial charge in [-0.05, 0) is 42.3 Å². The van der Waals surface area contributed by atoms with E-state index in [1.807, 2.05) is 24.3 Å². The average Bonchev–Trinajstić information content (AvgIpc) is 2.41. The van der Waals surface area contributed by atoms with Crippen LogP contribution in [0.15, 0.2) is 48.5 Å². The quantitative estimate of drug-likeness (QED) is 0.833. The molecule has 0 aliphatic carbocycles. The second kappa shape index (κ2) is 6.60. The molecule has 0 heterocycles. The number of rotatable bonds is 4. The highest BCUT2D eigenvalue weighted by Crippen LogP contribution is 2.14. The minimum atomic E-state index is -0.174. The molecule has 0 aromatic heterocycles. The summed E-state index contributed by atoms with van der Waals surface area (Å²) in [7, 11) is 0. The van der Waals surface area contributed by atoms with Crippen molar-refractivity contribution in [3.63, 3.8) is 0 Å². The second-order valence-corrected chi connectivity index (χ2v) is 4.91. The number of aryl methyl sites for hydroxylation is 1. The van der Waals surface area contributed by atoms with Crippen LogP contribution in [-0.4, -0.2) is 11.8 Å². The fourth-order valence-electron chi connectivity index (χ4n) is 1.70. The van der Waals surface area contributed by atoms with Gasteiger partial charge in [-0.25, -0.2) is 0 Å². The van der Waals surface area contributed by atoms with E-state index in [9.17, 15) is 4.79 Å². The summed E-state index contributed by atoms with van der Waals surface area (Å²) in [5.41, 5.74) is 2.44. The van der Waals surface area contributed by atoms with Crippen LogP contribution in [0.4, 0.5) is 5.69 Å². The number of alkyl halides is 1. The molecule has 98 valence electrons. The maximum Gasteiger partial charge on any atom is 0.255 e. The first-order valence-electron chi connectivity index (χ1n) is 5.91. The third-order valence-corrected chi connectivity index (χ3v) is 3.11. The lowest BCUT2D eigenvalue weighted by molar-refractivity contribution is 0.102. The van der Waals surface area contributed by atoms with Gasteiger partial charge in [0.15, 0.2) is 0 Å². The van der Waals surface area contributed by atoms with Crippen molar-refractivity contribution >= 4 is 34.8 Å². The molecule has 0 atom stereocenters. The molecular formula is C15H13Cl2NO. The van der Waals surface area contributed by atoms with Gasteiger partial charge in [0.1, 0.15) is 0 Å². The highest BCUT2D eigenvalue weighted by atomic mass is 35.5. The van der Waals surface area contributed by atoms with Gasteiger partial charge in [0.2, 0.25) is 0 Å². The fraction of sp³-hybridized carbons (Fsp3) is 0.133. The van der Waals surface area contributed by atoms with Crippen molar-refractivity contribution < 1.29 is 4.79 Å². The van der Waals surface area contributed by atoms with Crippen molar-refractivity contribution in [2.24, 2.45) is 0 Å². The molecule has 2 rings (SSSR count). The predicted molar refractivity (Wildman–Crippen MR) is 80.3 cm³/mol. The van der Waals surface area contributed by atoms with Gasteiger partial charge >= 0.3 is 0 Å². The predicted octanol–water partition coefficient (Wildman–Crippen LogP) is 4.37. The van der Waals surface area contributed by atoms with Crippen LogP contribution in [0.1, 0.15) is 15.9 Å². The number of halogens is 2. The Bertz CT molecular complexity index is 567. The Morgan fingerprint density at radius 1 is 1.11 bits per heavy atom. The standard InChI is InChI=1S/C15H13Cl2NO/c16-9-8-11-4-6-14(7-5-11)18-15(19)12-2-1-3-13(17)10-12/h1-7,10H,8-9H2,(H,18,19). The van der Waals surface area contributed by atoms with Crippen molar-refractivity contribution in [3.05, 3.63) is 64.7 Å². The van der Waals surface area contributed by atoms with Crippen LogP contribution in [-0.2, 0) is 6.42 Å². The Morgan fingerprint density at radius 2 is 1.84 bits per heavy atom. The zero-order chi connectivity index (χ0) is 13.7. The van der Waals surface area contributed by atoms with Crippen LogP contribution in [0.3, 0.4) is 0 Å². The van der Waals surface area contributed by atoms with Gasteiger partial charge in [-0.1, -0.05) is 29.8 Å². The van der Waals surface area contributed by atoms with Crippen molar-refractivity contribution in [2.45, 2.75) is 6.42 Å². The summed E-state index contributed by atoms with van der Waals surface area (Å²) in [4.78, 5) is 12.0. The van der Waals surface area contributed by atoms with Gasteiger partial charge in [-0.15, -0.1) is 11.6 Å². The Morgan fingerprint density at radius 3 is 2.47 bits per heavy atom. The van der Waals surface area contributed by atoms with E-state index in [2.05, 4.69) is 5.32 Å².